The molecule has 2 rings (SSSR count). The van der Waals surface area contributed by atoms with E-state index in [0.717, 1.165) is 25.0 Å². The van der Waals surface area contributed by atoms with E-state index >= 15 is 0 Å². The van der Waals surface area contributed by atoms with Gasteiger partial charge >= 0.3 is 0 Å². The summed E-state index contributed by atoms with van der Waals surface area (Å²) < 4.78 is 24.0. The lowest BCUT2D eigenvalue weighted by Gasteiger charge is -2.09. The minimum atomic E-state index is -0.234. The van der Waals surface area contributed by atoms with Gasteiger partial charge in [-0.15, -0.1) is 0 Å². The Kier molecular flexibility index (Phi) is 5.61. The van der Waals surface area contributed by atoms with Crippen LogP contribution in [0.3, 0.4) is 0 Å². The summed E-state index contributed by atoms with van der Waals surface area (Å²) in [6.07, 6.45) is 4.35. The van der Waals surface area contributed by atoms with E-state index in [1.54, 1.807) is 13.2 Å². The number of ether oxygens (including phenoxy) is 2. The average Bonchev–Trinajstić information content (AvgIpc) is 3.20. The second-order valence-electron chi connectivity index (χ2n) is 5.00. The molecule has 1 fully saturated rings. The standard InChI is InChI=1S/C15H22FNO2/c1-18-6-2-3-7-19-15-9-12(8-13(16)10-15)11-17-14-4-5-14/h8-10,14,17H,2-7,11H2,1H3. The molecule has 0 atom stereocenters. The van der Waals surface area contributed by atoms with Gasteiger partial charge in [-0.3, -0.25) is 0 Å². The number of methoxy groups -OCH3 is 1. The minimum absolute atomic E-state index is 0.234. The third kappa shape index (κ3) is 5.57. The lowest BCUT2D eigenvalue weighted by atomic mass is 10.2. The van der Waals surface area contributed by atoms with Gasteiger partial charge in [-0.25, -0.2) is 4.39 Å². The Labute approximate surface area is 114 Å². The minimum Gasteiger partial charge on any atom is -0.493 e. The second-order valence-corrected chi connectivity index (χ2v) is 5.00. The largest absolute Gasteiger partial charge is 0.493 e. The first-order valence-corrected chi connectivity index (χ1v) is 6.92. The van der Waals surface area contributed by atoms with Crippen LogP contribution in [0.4, 0.5) is 4.39 Å². The number of hydrogen-bond acceptors (Lipinski definition) is 3. The fourth-order valence-electron chi connectivity index (χ4n) is 1.89. The van der Waals surface area contributed by atoms with Crippen LogP contribution in [0.5, 0.6) is 5.75 Å². The molecule has 0 saturated heterocycles. The molecular weight excluding hydrogens is 245 g/mol. The van der Waals surface area contributed by atoms with Gasteiger partial charge in [-0.1, -0.05) is 0 Å². The van der Waals surface area contributed by atoms with Crippen molar-refractivity contribution >= 4 is 0 Å². The van der Waals surface area contributed by atoms with E-state index in [4.69, 9.17) is 9.47 Å². The van der Waals surface area contributed by atoms with E-state index in [9.17, 15) is 4.39 Å². The Hall–Kier alpha value is -1.13. The van der Waals surface area contributed by atoms with Gasteiger partial charge in [0.1, 0.15) is 11.6 Å². The predicted octanol–water partition coefficient (Wildman–Crippen LogP) is 2.88. The molecule has 1 aliphatic carbocycles. The van der Waals surface area contributed by atoms with Crippen LogP contribution in [0.1, 0.15) is 31.2 Å². The van der Waals surface area contributed by atoms with Crippen molar-refractivity contribution in [1.29, 1.82) is 0 Å². The molecule has 0 unspecified atom stereocenters. The summed E-state index contributed by atoms with van der Waals surface area (Å²) in [6, 6.07) is 5.54. The molecule has 1 aliphatic rings. The van der Waals surface area contributed by atoms with Gasteiger partial charge in [-0.05, 0) is 43.4 Å². The van der Waals surface area contributed by atoms with Crippen LogP contribution in [0.25, 0.3) is 0 Å². The summed E-state index contributed by atoms with van der Waals surface area (Å²) in [6.45, 7) is 2.05. The van der Waals surface area contributed by atoms with Crippen LogP contribution in [-0.4, -0.2) is 26.4 Å². The molecule has 19 heavy (non-hydrogen) atoms. The van der Waals surface area contributed by atoms with Gasteiger partial charge in [0, 0.05) is 32.4 Å². The Morgan fingerprint density at radius 2 is 2.00 bits per heavy atom. The predicted molar refractivity (Wildman–Crippen MR) is 72.9 cm³/mol. The Morgan fingerprint density at radius 3 is 2.74 bits per heavy atom. The second kappa shape index (κ2) is 7.46. The number of unbranched alkanes of at least 4 members (excludes halogenated alkanes) is 1. The van der Waals surface area contributed by atoms with Gasteiger partial charge in [0.2, 0.25) is 0 Å². The van der Waals surface area contributed by atoms with Crippen LogP contribution < -0.4 is 10.1 Å². The van der Waals surface area contributed by atoms with Gasteiger partial charge in [0.15, 0.2) is 0 Å². The Bertz CT molecular complexity index is 394. The monoisotopic (exact) mass is 267 g/mol. The number of benzene rings is 1. The van der Waals surface area contributed by atoms with Crippen molar-refractivity contribution in [3.8, 4) is 5.75 Å². The number of nitrogens with one attached hydrogen (secondary N) is 1. The van der Waals surface area contributed by atoms with Crippen molar-refractivity contribution in [1.82, 2.24) is 5.32 Å². The van der Waals surface area contributed by atoms with Crippen LogP contribution >= 0.6 is 0 Å². The lowest BCUT2D eigenvalue weighted by Crippen LogP contribution is -2.15. The highest BCUT2D eigenvalue weighted by Crippen LogP contribution is 2.21. The first-order valence-electron chi connectivity index (χ1n) is 6.92. The zero-order valence-corrected chi connectivity index (χ0v) is 11.5. The molecule has 0 spiro atoms. The molecule has 1 aromatic carbocycles. The lowest BCUT2D eigenvalue weighted by molar-refractivity contribution is 0.184. The van der Waals surface area contributed by atoms with Gasteiger partial charge in [0.25, 0.3) is 0 Å². The van der Waals surface area contributed by atoms with E-state index in [0.29, 0.717) is 24.9 Å². The van der Waals surface area contributed by atoms with Crippen LogP contribution in [-0.2, 0) is 11.3 Å². The summed E-state index contributed by atoms with van der Waals surface area (Å²) >= 11 is 0. The van der Waals surface area contributed by atoms with Crippen molar-refractivity contribution < 1.29 is 13.9 Å². The highest BCUT2D eigenvalue weighted by molar-refractivity contribution is 5.29. The van der Waals surface area contributed by atoms with Crippen LogP contribution in [0.15, 0.2) is 18.2 Å². The molecule has 0 heterocycles. The molecule has 0 aliphatic heterocycles. The topological polar surface area (TPSA) is 30.5 Å². The van der Waals surface area contributed by atoms with Crippen LogP contribution in [0, 0.1) is 5.82 Å². The molecule has 0 amide bonds. The van der Waals surface area contributed by atoms with Crippen molar-refractivity contribution in [3.05, 3.63) is 29.6 Å². The number of halogens is 1. The summed E-state index contributed by atoms with van der Waals surface area (Å²) in [7, 11) is 1.69. The van der Waals surface area contributed by atoms with E-state index in [2.05, 4.69) is 5.32 Å². The van der Waals surface area contributed by atoms with Gasteiger partial charge in [0.05, 0.1) is 6.61 Å². The average molecular weight is 267 g/mol. The summed E-state index contributed by atoms with van der Waals surface area (Å²) in [5, 5.41) is 3.37. The summed E-state index contributed by atoms with van der Waals surface area (Å²) in [4.78, 5) is 0. The fourth-order valence-corrected chi connectivity index (χ4v) is 1.89. The molecule has 0 bridgehead atoms. The van der Waals surface area contributed by atoms with Crippen molar-refractivity contribution in [2.75, 3.05) is 20.3 Å². The normalized spacial score (nSPS) is 14.6. The molecule has 0 radical (unpaired) electrons. The molecule has 1 N–H and O–H groups in total. The van der Waals surface area contributed by atoms with Crippen molar-refractivity contribution in [3.63, 3.8) is 0 Å². The highest BCUT2D eigenvalue weighted by atomic mass is 19.1. The zero-order chi connectivity index (χ0) is 13.5. The molecule has 4 heteroatoms. The highest BCUT2D eigenvalue weighted by Gasteiger charge is 2.20. The third-order valence-electron chi connectivity index (χ3n) is 3.11. The smallest absolute Gasteiger partial charge is 0.127 e. The zero-order valence-electron chi connectivity index (χ0n) is 11.5. The molecule has 3 nitrogen and oxygen atoms in total. The quantitative estimate of drug-likeness (QED) is 0.698. The van der Waals surface area contributed by atoms with Crippen molar-refractivity contribution in [2.45, 2.75) is 38.3 Å². The summed E-state index contributed by atoms with van der Waals surface area (Å²) in [5.41, 5.74) is 0.943. The van der Waals surface area contributed by atoms with Crippen LogP contribution in [0.2, 0.25) is 0 Å². The van der Waals surface area contributed by atoms with Crippen molar-refractivity contribution in [2.24, 2.45) is 0 Å². The first kappa shape index (κ1) is 14.3. The van der Waals surface area contributed by atoms with Gasteiger partial charge in [-0.2, -0.15) is 0 Å². The molecule has 0 aromatic heterocycles. The Balaban J connectivity index is 1.77. The number of hydrogen-bond donors (Lipinski definition) is 1. The molecular formula is C15H22FNO2. The SMILES string of the molecule is COCCCCOc1cc(F)cc(CNC2CC2)c1. The maximum atomic E-state index is 13.5. The van der Waals surface area contributed by atoms with E-state index in [1.165, 1.54) is 18.9 Å². The summed E-state index contributed by atoms with van der Waals surface area (Å²) in [5.74, 6) is 0.381. The maximum absolute atomic E-state index is 13.5. The Morgan fingerprint density at radius 1 is 1.21 bits per heavy atom. The van der Waals surface area contributed by atoms with E-state index in [-0.39, 0.29) is 5.82 Å². The molecule has 1 saturated carbocycles. The van der Waals surface area contributed by atoms with Gasteiger partial charge < -0.3 is 14.8 Å². The fraction of sp³-hybridized carbons (Fsp3) is 0.600. The van der Waals surface area contributed by atoms with E-state index in [1.807, 2.05) is 6.07 Å². The molecule has 1 aromatic rings. The molecule has 106 valence electrons. The third-order valence-corrected chi connectivity index (χ3v) is 3.11. The number of rotatable bonds is 9. The maximum Gasteiger partial charge on any atom is 0.127 e. The van der Waals surface area contributed by atoms with E-state index < -0.39 is 0 Å². The first-order chi connectivity index (χ1) is 9.28.